The molecule has 0 saturated carbocycles. The van der Waals surface area contributed by atoms with E-state index >= 15 is 0 Å². The first kappa shape index (κ1) is 13.7. The highest BCUT2D eigenvalue weighted by molar-refractivity contribution is 6.42. The lowest BCUT2D eigenvalue weighted by molar-refractivity contribution is -0.142. The van der Waals surface area contributed by atoms with Crippen LogP contribution in [0, 0.1) is 0 Å². The summed E-state index contributed by atoms with van der Waals surface area (Å²) in [6.45, 7) is 1.72. The first-order valence-corrected chi connectivity index (χ1v) is 6.74. The highest BCUT2D eigenvalue weighted by Crippen LogP contribution is 2.24. The maximum Gasteiger partial charge on any atom is 0.321 e. The Morgan fingerprint density at radius 1 is 1.28 bits per heavy atom. The molecule has 0 aromatic heterocycles. The SMILES string of the molecule is O=C(O)[C@@H](Cc1ccc(Cl)c(Cl)c1)N1CCCC1. The van der Waals surface area contributed by atoms with Crippen LogP contribution in [-0.4, -0.2) is 35.1 Å². The minimum absolute atomic E-state index is 0.465. The molecule has 0 aliphatic carbocycles. The van der Waals surface area contributed by atoms with Crippen molar-refractivity contribution >= 4 is 29.2 Å². The molecule has 0 unspecified atom stereocenters. The molecule has 1 aromatic carbocycles. The molecule has 1 saturated heterocycles. The van der Waals surface area contributed by atoms with Gasteiger partial charge in [0.15, 0.2) is 0 Å². The van der Waals surface area contributed by atoms with Crippen LogP contribution in [-0.2, 0) is 11.2 Å². The van der Waals surface area contributed by atoms with Gasteiger partial charge < -0.3 is 5.11 Å². The van der Waals surface area contributed by atoms with Crippen molar-refractivity contribution in [2.75, 3.05) is 13.1 Å². The fraction of sp³-hybridized carbons (Fsp3) is 0.462. The van der Waals surface area contributed by atoms with E-state index in [4.69, 9.17) is 23.2 Å². The van der Waals surface area contributed by atoms with Crippen molar-refractivity contribution in [1.82, 2.24) is 4.90 Å². The number of nitrogens with zero attached hydrogens (tertiary/aromatic N) is 1. The summed E-state index contributed by atoms with van der Waals surface area (Å²) in [5.41, 5.74) is 0.906. The van der Waals surface area contributed by atoms with E-state index in [1.54, 1.807) is 12.1 Å². The summed E-state index contributed by atoms with van der Waals surface area (Å²) in [4.78, 5) is 13.4. The van der Waals surface area contributed by atoms with E-state index in [9.17, 15) is 9.90 Å². The number of rotatable bonds is 4. The molecule has 1 aliphatic rings. The van der Waals surface area contributed by atoms with E-state index in [0.717, 1.165) is 31.5 Å². The van der Waals surface area contributed by atoms with Gasteiger partial charge >= 0.3 is 5.97 Å². The van der Waals surface area contributed by atoms with Gasteiger partial charge in [0, 0.05) is 0 Å². The Hall–Kier alpha value is -0.770. The van der Waals surface area contributed by atoms with Crippen molar-refractivity contribution in [2.24, 2.45) is 0 Å². The highest BCUT2D eigenvalue weighted by Gasteiger charge is 2.27. The molecule has 98 valence electrons. The Morgan fingerprint density at radius 2 is 1.94 bits per heavy atom. The molecule has 1 fully saturated rings. The summed E-state index contributed by atoms with van der Waals surface area (Å²) in [5, 5.41) is 10.3. The number of aliphatic carboxylic acids is 1. The van der Waals surface area contributed by atoms with E-state index < -0.39 is 12.0 Å². The number of carboxylic acids is 1. The lowest BCUT2D eigenvalue weighted by Crippen LogP contribution is -2.40. The molecule has 0 spiro atoms. The van der Waals surface area contributed by atoms with Crippen LogP contribution in [0.15, 0.2) is 18.2 Å². The van der Waals surface area contributed by atoms with Gasteiger partial charge in [0.2, 0.25) is 0 Å². The van der Waals surface area contributed by atoms with Gasteiger partial charge in [0.1, 0.15) is 6.04 Å². The molecule has 0 bridgehead atoms. The Labute approximate surface area is 116 Å². The van der Waals surface area contributed by atoms with Crippen LogP contribution in [0.4, 0.5) is 0 Å². The Kier molecular flexibility index (Phi) is 4.49. The summed E-state index contributed by atoms with van der Waals surface area (Å²) < 4.78 is 0. The zero-order valence-electron chi connectivity index (χ0n) is 9.90. The van der Waals surface area contributed by atoms with Crippen LogP contribution in [0.2, 0.25) is 10.0 Å². The van der Waals surface area contributed by atoms with Crippen LogP contribution in [0.5, 0.6) is 0 Å². The van der Waals surface area contributed by atoms with Gasteiger partial charge in [0.05, 0.1) is 10.0 Å². The molecule has 5 heteroatoms. The third-order valence-corrected chi connectivity index (χ3v) is 4.02. The topological polar surface area (TPSA) is 40.5 Å². The van der Waals surface area contributed by atoms with Gasteiger partial charge in [0.25, 0.3) is 0 Å². The van der Waals surface area contributed by atoms with Gasteiger partial charge in [-0.05, 0) is 50.0 Å². The molecule has 2 rings (SSSR count). The number of hydrogen-bond donors (Lipinski definition) is 1. The largest absolute Gasteiger partial charge is 0.480 e. The Morgan fingerprint density at radius 3 is 2.50 bits per heavy atom. The van der Waals surface area contributed by atoms with Gasteiger partial charge in [-0.1, -0.05) is 29.3 Å². The average molecular weight is 288 g/mol. The lowest BCUT2D eigenvalue weighted by atomic mass is 10.1. The van der Waals surface area contributed by atoms with E-state index in [2.05, 4.69) is 0 Å². The van der Waals surface area contributed by atoms with Gasteiger partial charge in [-0.25, -0.2) is 0 Å². The van der Waals surface area contributed by atoms with Gasteiger partial charge in [-0.3, -0.25) is 9.69 Å². The smallest absolute Gasteiger partial charge is 0.321 e. The molecule has 0 radical (unpaired) electrons. The first-order valence-electron chi connectivity index (χ1n) is 5.98. The quantitative estimate of drug-likeness (QED) is 0.925. The van der Waals surface area contributed by atoms with E-state index in [1.807, 2.05) is 11.0 Å². The molecule has 1 heterocycles. The second kappa shape index (κ2) is 5.91. The second-order valence-electron chi connectivity index (χ2n) is 4.55. The number of hydrogen-bond acceptors (Lipinski definition) is 2. The van der Waals surface area contributed by atoms with Gasteiger partial charge in [-0.15, -0.1) is 0 Å². The van der Waals surface area contributed by atoms with Crippen molar-refractivity contribution in [3.8, 4) is 0 Å². The molecular weight excluding hydrogens is 273 g/mol. The fourth-order valence-electron chi connectivity index (χ4n) is 2.32. The van der Waals surface area contributed by atoms with E-state index in [1.165, 1.54) is 0 Å². The maximum absolute atomic E-state index is 11.3. The third kappa shape index (κ3) is 3.16. The number of carbonyl (C=O) groups is 1. The van der Waals surface area contributed by atoms with Crippen molar-refractivity contribution in [2.45, 2.75) is 25.3 Å². The van der Waals surface area contributed by atoms with Crippen LogP contribution in [0.25, 0.3) is 0 Å². The minimum Gasteiger partial charge on any atom is -0.480 e. The van der Waals surface area contributed by atoms with Crippen LogP contribution in [0.1, 0.15) is 18.4 Å². The van der Waals surface area contributed by atoms with E-state index in [-0.39, 0.29) is 0 Å². The summed E-state index contributed by atoms with van der Waals surface area (Å²) >= 11 is 11.8. The van der Waals surface area contributed by atoms with Crippen molar-refractivity contribution < 1.29 is 9.90 Å². The van der Waals surface area contributed by atoms with Crippen molar-refractivity contribution in [3.05, 3.63) is 33.8 Å². The summed E-state index contributed by atoms with van der Waals surface area (Å²) in [7, 11) is 0. The molecule has 18 heavy (non-hydrogen) atoms. The molecule has 1 aromatic rings. The zero-order valence-corrected chi connectivity index (χ0v) is 11.4. The first-order chi connectivity index (χ1) is 8.58. The number of halogens is 2. The predicted octanol–water partition coefficient (Wildman–Crippen LogP) is 3.08. The summed E-state index contributed by atoms with van der Waals surface area (Å²) in [6, 6.07) is 4.82. The van der Waals surface area contributed by atoms with Crippen molar-refractivity contribution in [1.29, 1.82) is 0 Å². The summed E-state index contributed by atoms with van der Waals surface area (Å²) in [6.07, 6.45) is 2.61. The standard InChI is InChI=1S/C13H15Cl2NO2/c14-10-4-3-9(7-11(10)15)8-12(13(17)18)16-5-1-2-6-16/h3-4,7,12H,1-2,5-6,8H2,(H,17,18)/t12-/m1/s1. The van der Waals surface area contributed by atoms with Crippen LogP contribution < -0.4 is 0 Å². The fourth-order valence-corrected chi connectivity index (χ4v) is 2.64. The second-order valence-corrected chi connectivity index (χ2v) is 5.36. The highest BCUT2D eigenvalue weighted by atomic mass is 35.5. The zero-order chi connectivity index (χ0) is 13.1. The monoisotopic (exact) mass is 287 g/mol. The Balaban J connectivity index is 2.12. The van der Waals surface area contributed by atoms with Crippen LogP contribution >= 0.6 is 23.2 Å². The summed E-state index contributed by atoms with van der Waals surface area (Å²) in [5.74, 6) is -0.775. The molecule has 3 nitrogen and oxygen atoms in total. The number of carboxylic acid groups (broad SMARTS) is 1. The Bertz CT molecular complexity index is 445. The molecule has 1 N–H and O–H groups in total. The number of benzene rings is 1. The van der Waals surface area contributed by atoms with Crippen LogP contribution in [0.3, 0.4) is 0 Å². The number of likely N-dealkylation sites (tertiary alicyclic amines) is 1. The molecular formula is C13H15Cl2NO2. The van der Waals surface area contributed by atoms with Gasteiger partial charge in [-0.2, -0.15) is 0 Å². The lowest BCUT2D eigenvalue weighted by Gasteiger charge is -2.23. The molecule has 1 atom stereocenters. The normalized spacial score (nSPS) is 17.9. The predicted molar refractivity (Wildman–Crippen MR) is 72.4 cm³/mol. The van der Waals surface area contributed by atoms with E-state index in [0.29, 0.717) is 16.5 Å². The molecule has 0 amide bonds. The third-order valence-electron chi connectivity index (χ3n) is 3.28. The molecule has 1 aliphatic heterocycles. The maximum atomic E-state index is 11.3. The average Bonchev–Trinajstić information content (AvgIpc) is 2.83. The minimum atomic E-state index is -0.775. The van der Waals surface area contributed by atoms with Crippen molar-refractivity contribution in [3.63, 3.8) is 0 Å².